The van der Waals surface area contributed by atoms with Gasteiger partial charge in [0.25, 0.3) is 0 Å². The number of phenolic OH excluding ortho intramolecular Hbond substituents is 3. The van der Waals surface area contributed by atoms with Crippen LogP contribution in [0.2, 0.25) is 0 Å². The van der Waals surface area contributed by atoms with Crippen LogP contribution < -0.4 is 10.1 Å². The van der Waals surface area contributed by atoms with E-state index in [0.717, 1.165) is 23.2 Å². The Bertz CT molecular complexity index is 1250. The number of aromatic hydroxyl groups is 3. The first-order valence-electron chi connectivity index (χ1n) is 12.1. The van der Waals surface area contributed by atoms with E-state index in [1.54, 1.807) is 0 Å². The van der Waals surface area contributed by atoms with E-state index in [-0.39, 0.29) is 0 Å². The smallest absolute Gasteiger partial charge is 0.200 e. The van der Waals surface area contributed by atoms with Gasteiger partial charge in [-0.25, -0.2) is 9.97 Å². The lowest BCUT2D eigenvalue weighted by Crippen LogP contribution is -2.00. The summed E-state index contributed by atoms with van der Waals surface area (Å²) in [4.78, 5) is 9.20. The number of ether oxygens (including phenoxy) is 1. The van der Waals surface area contributed by atoms with Crippen molar-refractivity contribution in [3.63, 3.8) is 0 Å². The average Bonchev–Trinajstić information content (AvgIpc) is 2.87. The number of hydrogen-bond acceptors (Lipinski definition) is 7. The summed E-state index contributed by atoms with van der Waals surface area (Å²) in [6.07, 6.45) is 7.37. The van der Waals surface area contributed by atoms with Crippen LogP contribution in [0.4, 0.5) is 11.5 Å². The maximum Gasteiger partial charge on any atom is 0.200 e. The summed E-state index contributed by atoms with van der Waals surface area (Å²) in [7, 11) is 0. The lowest BCUT2D eigenvalue weighted by atomic mass is 10.1. The van der Waals surface area contributed by atoms with E-state index in [0.29, 0.717) is 29.3 Å². The molecule has 1 aromatic heterocycles. The van der Waals surface area contributed by atoms with Crippen molar-refractivity contribution in [2.24, 2.45) is 0 Å². The predicted octanol–water partition coefficient (Wildman–Crippen LogP) is 6.90. The van der Waals surface area contributed by atoms with E-state index in [2.05, 4.69) is 22.2 Å². The fourth-order valence-electron chi connectivity index (χ4n) is 3.88. The molecule has 0 saturated heterocycles. The number of aromatic nitrogens is 2. The molecule has 0 aliphatic carbocycles. The van der Waals surface area contributed by atoms with Crippen LogP contribution in [-0.2, 0) is 0 Å². The summed E-state index contributed by atoms with van der Waals surface area (Å²) in [6, 6.07) is 17.9. The van der Waals surface area contributed by atoms with Crippen LogP contribution >= 0.6 is 0 Å². The van der Waals surface area contributed by atoms with Crippen molar-refractivity contribution in [1.82, 2.24) is 9.97 Å². The summed E-state index contributed by atoms with van der Waals surface area (Å²) in [5.41, 5.74) is 1.92. The second-order valence-electron chi connectivity index (χ2n) is 8.54. The van der Waals surface area contributed by atoms with Crippen LogP contribution in [0, 0.1) is 0 Å². The van der Waals surface area contributed by atoms with Gasteiger partial charge >= 0.3 is 0 Å². The largest absolute Gasteiger partial charge is 0.504 e. The Kier molecular flexibility index (Phi) is 7.88. The summed E-state index contributed by atoms with van der Waals surface area (Å²) in [5.74, 6) is 0.249. The number of hydrogen-bond donors (Lipinski definition) is 4. The fourth-order valence-corrected chi connectivity index (χ4v) is 3.88. The molecule has 0 unspecified atom stereocenters. The van der Waals surface area contributed by atoms with Gasteiger partial charge in [0.05, 0.1) is 12.1 Å². The van der Waals surface area contributed by atoms with E-state index in [1.807, 2.05) is 48.5 Å². The number of para-hydroxylation sites is 1. The number of anilines is 2. The lowest BCUT2D eigenvalue weighted by molar-refractivity contribution is 0.304. The minimum atomic E-state index is -0.577. The third kappa shape index (κ3) is 6.12. The fraction of sp³-hybridized carbons (Fsp3) is 0.286. The highest BCUT2D eigenvalue weighted by molar-refractivity contribution is 5.92. The van der Waals surface area contributed by atoms with Gasteiger partial charge in [0.2, 0.25) is 0 Å². The van der Waals surface area contributed by atoms with E-state index in [4.69, 9.17) is 4.74 Å². The van der Waals surface area contributed by atoms with Crippen LogP contribution in [0.3, 0.4) is 0 Å². The summed E-state index contributed by atoms with van der Waals surface area (Å²) in [5, 5.41) is 33.7. The first-order chi connectivity index (χ1) is 17.0. The van der Waals surface area contributed by atoms with Crippen molar-refractivity contribution < 1.29 is 20.1 Å². The van der Waals surface area contributed by atoms with Gasteiger partial charge in [0, 0.05) is 16.6 Å². The Morgan fingerprint density at radius 3 is 2.23 bits per heavy atom. The van der Waals surface area contributed by atoms with Gasteiger partial charge in [0.15, 0.2) is 23.1 Å². The SMILES string of the molecule is CCCCCCCCOc1ccc(Nc2nc(-c3cc(O)c(O)c(O)c3)nc3ccccc23)cc1. The first kappa shape index (κ1) is 24.1. The number of fused-ring (bicyclic) bond motifs is 1. The number of nitrogens with zero attached hydrogens (tertiary/aromatic N) is 2. The molecular formula is C28H31N3O4. The molecule has 0 atom stereocenters. The minimum absolute atomic E-state index is 0.302. The molecule has 4 aromatic rings. The Morgan fingerprint density at radius 1 is 0.800 bits per heavy atom. The van der Waals surface area contributed by atoms with Crippen molar-refractivity contribution in [1.29, 1.82) is 0 Å². The standard InChI is InChI=1S/C28H31N3O4/c1-2-3-4-5-6-9-16-35-21-14-12-20(13-15-21)29-28-22-10-7-8-11-23(22)30-27(31-28)19-17-24(32)26(34)25(33)18-19/h7-8,10-15,17-18,32-34H,2-6,9,16H2,1H3,(H,29,30,31). The monoisotopic (exact) mass is 473 g/mol. The third-order valence-electron chi connectivity index (χ3n) is 5.81. The first-order valence-corrected chi connectivity index (χ1v) is 12.1. The molecule has 4 rings (SSSR count). The quantitative estimate of drug-likeness (QED) is 0.139. The molecule has 0 amide bonds. The number of nitrogens with one attached hydrogen (secondary N) is 1. The molecule has 35 heavy (non-hydrogen) atoms. The van der Waals surface area contributed by atoms with E-state index in [9.17, 15) is 15.3 Å². The zero-order valence-corrected chi connectivity index (χ0v) is 19.9. The van der Waals surface area contributed by atoms with Crippen LogP contribution in [0.25, 0.3) is 22.3 Å². The molecule has 0 saturated carbocycles. The number of phenols is 3. The third-order valence-corrected chi connectivity index (χ3v) is 5.81. The van der Waals surface area contributed by atoms with Gasteiger partial charge in [-0.1, -0.05) is 51.2 Å². The van der Waals surface area contributed by atoms with E-state index in [1.165, 1.54) is 44.2 Å². The molecule has 7 nitrogen and oxygen atoms in total. The molecule has 7 heteroatoms. The highest BCUT2D eigenvalue weighted by Gasteiger charge is 2.14. The van der Waals surface area contributed by atoms with Gasteiger partial charge in [-0.05, 0) is 55.0 Å². The van der Waals surface area contributed by atoms with Crippen LogP contribution in [0.1, 0.15) is 45.4 Å². The topological polar surface area (TPSA) is 108 Å². The summed E-state index contributed by atoms with van der Waals surface area (Å²) < 4.78 is 5.88. The molecule has 3 aromatic carbocycles. The van der Waals surface area contributed by atoms with E-state index < -0.39 is 17.2 Å². The maximum atomic E-state index is 9.92. The molecular weight excluding hydrogens is 442 g/mol. The molecule has 182 valence electrons. The molecule has 0 radical (unpaired) electrons. The molecule has 0 aliphatic heterocycles. The van der Waals surface area contributed by atoms with Crippen molar-refractivity contribution in [2.45, 2.75) is 45.4 Å². The van der Waals surface area contributed by atoms with Crippen LogP contribution in [0.5, 0.6) is 23.0 Å². The zero-order chi connectivity index (χ0) is 24.6. The highest BCUT2D eigenvalue weighted by atomic mass is 16.5. The van der Waals surface area contributed by atoms with Gasteiger partial charge in [0.1, 0.15) is 11.6 Å². The molecule has 0 spiro atoms. The Balaban J connectivity index is 1.49. The van der Waals surface area contributed by atoms with Crippen molar-refractivity contribution in [2.75, 3.05) is 11.9 Å². The second kappa shape index (κ2) is 11.4. The normalized spacial score (nSPS) is 11.0. The molecule has 0 aliphatic rings. The lowest BCUT2D eigenvalue weighted by Gasteiger charge is -2.12. The van der Waals surface area contributed by atoms with E-state index >= 15 is 0 Å². The summed E-state index contributed by atoms with van der Waals surface area (Å²) >= 11 is 0. The average molecular weight is 474 g/mol. The molecule has 1 heterocycles. The van der Waals surface area contributed by atoms with Gasteiger partial charge < -0.3 is 25.4 Å². The minimum Gasteiger partial charge on any atom is -0.504 e. The number of benzene rings is 3. The number of rotatable bonds is 11. The zero-order valence-electron chi connectivity index (χ0n) is 19.9. The van der Waals surface area contributed by atoms with Gasteiger partial charge in [-0.2, -0.15) is 0 Å². The van der Waals surface area contributed by atoms with Crippen LogP contribution in [0.15, 0.2) is 60.7 Å². The summed E-state index contributed by atoms with van der Waals surface area (Å²) in [6.45, 7) is 2.94. The maximum absolute atomic E-state index is 9.92. The van der Waals surface area contributed by atoms with Gasteiger partial charge in [-0.3, -0.25) is 0 Å². The Hall–Kier alpha value is -4.00. The number of unbranched alkanes of at least 4 members (excludes halogenated alkanes) is 5. The molecule has 0 fully saturated rings. The van der Waals surface area contributed by atoms with Crippen molar-refractivity contribution in [3.05, 3.63) is 60.7 Å². The Labute approximate surface area is 205 Å². The van der Waals surface area contributed by atoms with Crippen molar-refractivity contribution >= 4 is 22.4 Å². The molecule has 0 bridgehead atoms. The van der Waals surface area contributed by atoms with Crippen molar-refractivity contribution in [3.8, 4) is 34.4 Å². The second-order valence-corrected chi connectivity index (χ2v) is 8.54. The Morgan fingerprint density at radius 2 is 1.49 bits per heavy atom. The van der Waals surface area contributed by atoms with Gasteiger partial charge in [-0.15, -0.1) is 0 Å². The highest BCUT2D eigenvalue weighted by Crippen LogP contribution is 2.39. The van der Waals surface area contributed by atoms with Crippen LogP contribution in [-0.4, -0.2) is 31.9 Å². The predicted molar refractivity (Wildman–Crippen MR) is 139 cm³/mol. The molecule has 4 N–H and O–H groups in total.